The van der Waals surface area contributed by atoms with E-state index < -0.39 is 57.4 Å². The Kier molecular flexibility index (Phi) is 12.7. The number of carbonyl (C=O) groups is 3. The second-order valence-electron chi connectivity index (χ2n) is 12.7. The first-order chi connectivity index (χ1) is 26.1. The molecule has 6 rings (SSSR count). The third-order valence-corrected chi connectivity index (χ3v) is 9.28. The Morgan fingerprint density at radius 1 is 0.643 bits per heavy atom. The summed E-state index contributed by atoms with van der Waals surface area (Å²) in [5.74, 6) is -2.46. The fourth-order valence-corrected chi connectivity index (χ4v) is 6.00. The first kappa shape index (κ1) is 42.2. The molecule has 0 aliphatic carbocycles. The number of aromatic hydroxyl groups is 2. The van der Waals surface area contributed by atoms with E-state index in [1.807, 2.05) is 32.0 Å². The van der Waals surface area contributed by atoms with Gasteiger partial charge in [0.25, 0.3) is 28.8 Å². The molecule has 0 bridgehead atoms. The van der Waals surface area contributed by atoms with Crippen molar-refractivity contribution in [1.29, 1.82) is 0 Å². The number of carbonyl (C=O) groups excluding carboxylic acids is 3. The second-order valence-corrected chi connectivity index (χ2v) is 12.7. The van der Waals surface area contributed by atoms with Gasteiger partial charge in [-0.25, -0.2) is 9.59 Å². The summed E-state index contributed by atoms with van der Waals surface area (Å²) in [6.07, 6.45) is 1.25. The monoisotopic (exact) mass is 817 g/mol. The van der Waals surface area contributed by atoms with Gasteiger partial charge in [0.15, 0.2) is 5.70 Å². The number of hydrogen-bond donors (Lipinski definition) is 2. The summed E-state index contributed by atoms with van der Waals surface area (Å²) in [6.45, 7) is 5.90. The van der Waals surface area contributed by atoms with Crippen molar-refractivity contribution in [2.45, 2.75) is 39.7 Å². The first-order valence-electron chi connectivity index (χ1n) is 17.0. The van der Waals surface area contributed by atoms with Gasteiger partial charge >= 0.3 is 11.4 Å². The Morgan fingerprint density at radius 2 is 1.16 bits per heavy atom. The number of amides is 3. The van der Waals surface area contributed by atoms with Gasteiger partial charge < -0.3 is 15.1 Å². The van der Waals surface area contributed by atoms with Crippen molar-refractivity contribution in [2.75, 3.05) is 11.4 Å². The Hall–Kier alpha value is -6.53. The van der Waals surface area contributed by atoms with E-state index in [1.165, 1.54) is 39.2 Å². The summed E-state index contributed by atoms with van der Waals surface area (Å²) in [7, 11) is 5.11. The van der Waals surface area contributed by atoms with E-state index in [4.69, 9.17) is 0 Å². The fraction of sp³-hybridized carbons (Fsp3) is 0.306. The molecule has 0 unspecified atom stereocenters. The number of imide groups is 1. The quantitative estimate of drug-likeness (QED) is 0.151. The van der Waals surface area contributed by atoms with Crippen molar-refractivity contribution < 1.29 is 41.7 Å². The first-order valence-corrected chi connectivity index (χ1v) is 17.0. The van der Waals surface area contributed by atoms with Crippen molar-refractivity contribution >= 4 is 40.5 Å². The van der Waals surface area contributed by atoms with Crippen LogP contribution in [0.4, 0.5) is 22.7 Å². The van der Waals surface area contributed by atoms with Crippen molar-refractivity contribution in [1.82, 2.24) is 23.2 Å². The summed E-state index contributed by atoms with van der Waals surface area (Å²) in [4.78, 5) is 89.0. The Bertz CT molecular complexity index is 2580. The molecular weight excluding hydrogens is 780 g/mol. The van der Waals surface area contributed by atoms with Gasteiger partial charge in [0.2, 0.25) is 23.1 Å². The van der Waals surface area contributed by atoms with Gasteiger partial charge in [-0.2, -0.15) is 0 Å². The minimum absolute atomic E-state index is 0. The molecule has 2 aromatic carbocycles. The summed E-state index contributed by atoms with van der Waals surface area (Å²) in [5, 5.41) is 35.5. The van der Waals surface area contributed by atoms with Crippen molar-refractivity contribution in [3.8, 4) is 11.8 Å². The molecule has 4 heterocycles. The van der Waals surface area contributed by atoms with Crippen LogP contribution < -0.4 is 27.4 Å². The zero-order valence-electron chi connectivity index (χ0n) is 31.3. The van der Waals surface area contributed by atoms with Crippen molar-refractivity contribution in [3.63, 3.8) is 0 Å². The maximum absolute atomic E-state index is 12.9. The van der Waals surface area contributed by atoms with Crippen molar-refractivity contribution in [2.24, 2.45) is 48.6 Å². The smallest absolute Gasteiger partial charge is 0.333 e. The number of hydrogen-bond acceptors (Lipinski definition) is 13. The van der Waals surface area contributed by atoms with E-state index >= 15 is 0 Å². The molecule has 0 saturated heterocycles. The number of fused-ring (bicyclic) bond motifs is 1. The SMILES string of the molecule is CC1=C(N=Nc2c(O)n(C)c(=O)n(C)c2=O)C(=O)N(c2ccccc2)C1.CCC(CC)N1C(=O)c2cccc(N=Nc3c(O)n(C)c(=O)n(C)c3=O)c2C1=O.[Cu]. The standard InChI is InChI=1S/C19H21N5O5.C17H17N5O4.Cu/c1-5-10(6-2)24-15(25)11-8-7-9-12(13(11)16(24)26)20-21-14-17(27)22(3)19(29)23(4)18(14)28;1-10-9-22(11-7-5-4-6-8-11)16(25)12(10)18-19-13-14(23)20(2)17(26)21(3)15(13)24;/h7-10,27H,5-6H2,1-4H3;4-8,23H,9H2,1-3H3;. The average molecular weight is 818 g/mol. The van der Waals surface area contributed by atoms with Crippen LogP contribution in [0.25, 0.3) is 0 Å². The van der Waals surface area contributed by atoms with E-state index in [0.717, 1.165) is 24.0 Å². The van der Waals surface area contributed by atoms with Gasteiger partial charge in [-0.3, -0.25) is 47.1 Å². The van der Waals surface area contributed by atoms with Crippen LogP contribution in [0.1, 0.15) is 54.3 Å². The molecule has 2 aliphatic heterocycles. The minimum Gasteiger partial charge on any atom is -0.493 e. The number of azo groups is 2. The average Bonchev–Trinajstić information content (AvgIpc) is 3.62. The molecule has 56 heavy (non-hydrogen) atoms. The van der Waals surface area contributed by atoms with Gasteiger partial charge in [-0.1, -0.05) is 38.1 Å². The molecule has 0 atom stereocenters. The Balaban J connectivity index is 0.000000246. The van der Waals surface area contributed by atoms with Crippen molar-refractivity contribution in [3.05, 3.63) is 113 Å². The zero-order valence-corrected chi connectivity index (χ0v) is 32.3. The van der Waals surface area contributed by atoms with Crippen LogP contribution in [0.3, 0.4) is 0 Å². The predicted octanol–water partition coefficient (Wildman–Crippen LogP) is 3.18. The molecule has 297 valence electrons. The normalized spacial score (nSPS) is 14.0. The number of nitrogens with zero attached hydrogens (tertiary/aromatic N) is 10. The molecular formula is C36H38CuN10O9. The molecule has 3 amide bonds. The molecule has 2 aromatic heterocycles. The number of anilines is 1. The largest absolute Gasteiger partial charge is 0.493 e. The summed E-state index contributed by atoms with van der Waals surface area (Å²) in [6, 6.07) is 13.5. The molecule has 20 heteroatoms. The molecule has 19 nitrogen and oxygen atoms in total. The van der Waals surface area contributed by atoms with Gasteiger partial charge in [0.05, 0.1) is 16.8 Å². The number of aromatic nitrogens is 4. The topological polar surface area (TPSA) is 236 Å². The van der Waals surface area contributed by atoms with Crippen LogP contribution >= 0.6 is 0 Å². The summed E-state index contributed by atoms with van der Waals surface area (Å²) < 4.78 is 3.33. The molecule has 0 fully saturated rings. The number of rotatable bonds is 8. The molecule has 0 spiro atoms. The van der Waals surface area contributed by atoms with Crippen LogP contribution in [0, 0.1) is 0 Å². The van der Waals surface area contributed by atoms with Crippen LogP contribution in [0.5, 0.6) is 11.8 Å². The van der Waals surface area contributed by atoms with Gasteiger partial charge in [-0.15, -0.1) is 20.5 Å². The van der Waals surface area contributed by atoms with Crippen LogP contribution in [0.2, 0.25) is 0 Å². The molecule has 0 saturated carbocycles. The van der Waals surface area contributed by atoms with E-state index in [1.54, 1.807) is 36.1 Å². The fourth-order valence-electron chi connectivity index (χ4n) is 6.00. The van der Waals surface area contributed by atoms with E-state index in [0.29, 0.717) is 25.0 Å². The third-order valence-electron chi connectivity index (χ3n) is 9.28. The third kappa shape index (κ3) is 7.43. The second kappa shape index (κ2) is 16.9. The summed E-state index contributed by atoms with van der Waals surface area (Å²) >= 11 is 0. The Morgan fingerprint density at radius 3 is 1.68 bits per heavy atom. The number of para-hydroxylation sites is 1. The predicted molar refractivity (Wildman–Crippen MR) is 199 cm³/mol. The molecule has 1 radical (unpaired) electrons. The molecule has 2 N–H and O–H groups in total. The maximum Gasteiger partial charge on any atom is 0.333 e. The minimum atomic E-state index is -0.831. The van der Waals surface area contributed by atoms with Crippen LogP contribution in [-0.4, -0.2) is 63.7 Å². The number of benzene rings is 2. The zero-order chi connectivity index (χ0) is 40.5. The van der Waals surface area contributed by atoms with Gasteiger partial charge in [0.1, 0.15) is 0 Å². The molecule has 2 aliphatic rings. The van der Waals surface area contributed by atoms with Crippen LogP contribution in [-0.2, 0) is 50.1 Å². The maximum atomic E-state index is 12.9. The Labute approximate surface area is 328 Å². The van der Waals surface area contributed by atoms with Crippen LogP contribution in [0.15, 0.2) is 99.4 Å². The van der Waals surface area contributed by atoms with E-state index in [-0.39, 0.29) is 51.5 Å². The summed E-state index contributed by atoms with van der Waals surface area (Å²) in [5.41, 5.74) is -1.93. The van der Waals surface area contributed by atoms with E-state index in [2.05, 4.69) is 20.5 Å². The van der Waals surface area contributed by atoms with Gasteiger partial charge in [0, 0.05) is 63.5 Å². The van der Waals surface area contributed by atoms with E-state index in [9.17, 15) is 43.8 Å². The molecule has 4 aromatic rings. The van der Waals surface area contributed by atoms with Gasteiger partial charge in [-0.05, 0) is 49.6 Å².